The first-order valence-corrected chi connectivity index (χ1v) is 9.88. The third-order valence-corrected chi connectivity index (χ3v) is 5.47. The zero-order valence-electron chi connectivity index (χ0n) is 15.1. The fourth-order valence-corrected chi connectivity index (χ4v) is 3.58. The minimum absolute atomic E-state index is 0.00724. The van der Waals surface area contributed by atoms with Gasteiger partial charge in [-0.1, -0.05) is 18.1 Å². The maximum absolute atomic E-state index is 12.7. The van der Waals surface area contributed by atoms with E-state index in [-0.39, 0.29) is 17.0 Å². The number of anilines is 1. The second-order valence-electron chi connectivity index (χ2n) is 6.06. The first-order valence-electron chi connectivity index (χ1n) is 8.40. The topological polar surface area (TPSA) is 88.4 Å². The number of nitrogens with one attached hydrogen (secondary N) is 2. The minimum atomic E-state index is -3.81. The highest BCUT2D eigenvalue weighted by Gasteiger charge is 2.18. The van der Waals surface area contributed by atoms with Gasteiger partial charge in [0.15, 0.2) is 0 Å². The van der Waals surface area contributed by atoms with Crippen molar-refractivity contribution in [2.24, 2.45) is 0 Å². The number of benzene rings is 2. The summed E-state index contributed by atoms with van der Waals surface area (Å²) in [7, 11) is -3.81. The van der Waals surface area contributed by atoms with Gasteiger partial charge in [-0.25, -0.2) is 13.1 Å². The number of terminal acetylenes is 1. The fraction of sp³-hybridized carbons (Fsp3) is 0.0952. The number of rotatable bonds is 6. The zero-order chi connectivity index (χ0) is 20.1. The van der Waals surface area contributed by atoms with Crippen molar-refractivity contribution in [1.82, 2.24) is 4.72 Å². The summed E-state index contributed by atoms with van der Waals surface area (Å²) in [4.78, 5) is 12.7. The summed E-state index contributed by atoms with van der Waals surface area (Å²) in [5, 5.41) is 2.74. The van der Waals surface area contributed by atoms with Crippen LogP contribution in [0, 0.1) is 19.3 Å². The Bertz CT molecular complexity index is 1140. The maximum atomic E-state index is 12.7. The molecule has 0 aliphatic carbocycles. The van der Waals surface area contributed by atoms with Gasteiger partial charge < -0.3 is 9.73 Å². The van der Waals surface area contributed by atoms with Crippen LogP contribution in [0.2, 0.25) is 0 Å². The second kappa shape index (κ2) is 8.13. The quantitative estimate of drug-likeness (QED) is 0.628. The molecule has 3 rings (SSSR count). The summed E-state index contributed by atoms with van der Waals surface area (Å²) in [5.74, 6) is 2.57. The van der Waals surface area contributed by atoms with E-state index in [1.54, 1.807) is 49.4 Å². The normalized spacial score (nSPS) is 11.0. The van der Waals surface area contributed by atoms with Gasteiger partial charge in [-0.2, -0.15) is 0 Å². The number of carbonyl (C=O) groups is 1. The molecule has 1 amide bonds. The molecular formula is C21H18N2O4S. The molecule has 0 aliphatic heterocycles. The third-order valence-electron chi connectivity index (χ3n) is 4.07. The van der Waals surface area contributed by atoms with Crippen LogP contribution in [0.5, 0.6) is 0 Å². The number of furan rings is 1. The van der Waals surface area contributed by atoms with Gasteiger partial charge in [0, 0.05) is 16.8 Å². The smallest absolute Gasteiger partial charge is 0.255 e. The lowest BCUT2D eigenvalue weighted by Gasteiger charge is -2.11. The van der Waals surface area contributed by atoms with Crippen molar-refractivity contribution in [3.8, 4) is 12.3 Å². The standard InChI is InChI=1S/C21H18N2O4S/c1-3-16-6-4-7-17(12-16)23-21(24)20-13-19(10-9-15(20)2)28(25,26)22-14-18-8-5-11-27-18/h1,4-13,22H,14H2,2H3,(H,23,24). The fourth-order valence-electron chi connectivity index (χ4n) is 2.56. The molecule has 0 aliphatic rings. The first kappa shape index (κ1) is 19.4. The molecule has 0 fully saturated rings. The van der Waals surface area contributed by atoms with Crippen LogP contribution in [0.15, 0.2) is 70.2 Å². The molecule has 0 saturated heterocycles. The SMILES string of the molecule is C#Cc1cccc(NC(=O)c2cc(S(=O)(=O)NCc3ccco3)ccc2C)c1. The summed E-state index contributed by atoms with van der Waals surface area (Å²) >= 11 is 0. The highest BCUT2D eigenvalue weighted by molar-refractivity contribution is 7.89. The zero-order valence-corrected chi connectivity index (χ0v) is 15.9. The Balaban J connectivity index is 1.82. The van der Waals surface area contributed by atoms with Crippen molar-refractivity contribution in [2.75, 3.05) is 5.32 Å². The average Bonchev–Trinajstić information content (AvgIpc) is 3.20. The summed E-state index contributed by atoms with van der Waals surface area (Å²) in [6.45, 7) is 1.75. The molecule has 1 aromatic heterocycles. The van der Waals surface area contributed by atoms with Gasteiger partial charge >= 0.3 is 0 Å². The molecule has 28 heavy (non-hydrogen) atoms. The lowest BCUT2D eigenvalue weighted by atomic mass is 10.1. The maximum Gasteiger partial charge on any atom is 0.255 e. The van der Waals surface area contributed by atoms with Gasteiger partial charge in [-0.3, -0.25) is 4.79 Å². The van der Waals surface area contributed by atoms with E-state index in [1.165, 1.54) is 18.4 Å². The molecule has 3 aromatic rings. The predicted octanol–water partition coefficient (Wildman–Crippen LogP) is 3.30. The minimum Gasteiger partial charge on any atom is -0.468 e. The van der Waals surface area contributed by atoms with E-state index < -0.39 is 15.9 Å². The van der Waals surface area contributed by atoms with Crippen LogP contribution in [-0.4, -0.2) is 14.3 Å². The van der Waals surface area contributed by atoms with Crippen LogP contribution in [0.3, 0.4) is 0 Å². The number of hydrogen-bond donors (Lipinski definition) is 2. The molecule has 2 N–H and O–H groups in total. The molecule has 7 heteroatoms. The van der Waals surface area contributed by atoms with E-state index in [4.69, 9.17) is 10.8 Å². The van der Waals surface area contributed by atoms with Gasteiger partial charge in [0.25, 0.3) is 5.91 Å². The predicted molar refractivity (Wildman–Crippen MR) is 106 cm³/mol. The Kier molecular flexibility index (Phi) is 5.64. The van der Waals surface area contributed by atoms with Crippen molar-refractivity contribution in [3.05, 3.63) is 83.3 Å². The van der Waals surface area contributed by atoms with Crippen molar-refractivity contribution in [3.63, 3.8) is 0 Å². The van der Waals surface area contributed by atoms with E-state index in [0.717, 1.165) is 0 Å². The van der Waals surface area contributed by atoms with Crippen LogP contribution >= 0.6 is 0 Å². The van der Waals surface area contributed by atoms with Gasteiger partial charge in [0.05, 0.1) is 17.7 Å². The Hall–Kier alpha value is -3.34. The highest BCUT2D eigenvalue weighted by atomic mass is 32.2. The lowest BCUT2D eigenvalue weighted by molar-refractivity contribution is 0.102. The second-order valence-corrected chi connectivity index (χ2v) is 7.83. The van der Waals surface area contributed by atoms with Gasteiger partial charge in [-0.15, -0.1) is 6.42 Å². The Labute approximate surface area is 163 Å². The summed E-state index contributed by atoms with van der Waals surface area (Å²) < 4.78 is 32.7. The molecule has 0 saturated carbocycles. The molecule has 2 aromatic carbocycles. The van der Waals surface area contributed by atoms with Crippen LogP contribution in [0.4, 0.5) is 5.69 Å². The van der Waals surface area contributed by atoms with Crippen molar-refractivity contribution in [2.45, 2.75) is 18.4 Å². The lowest BCUT2D eigenvalue weighted by Crippen LogP contribution is -2.24. The monoisotopic (exact) mass is 394 g/mol. The van der Waals surface area contributed by atoms with Gasteiger partial charge in [0.1, 0.15) is 5.76 Å². The molecule has 0 unspecified atom stereocenters. The van der Waals surface area contributed by atoms with Crippen LogP contribution in [0.1, 0.15) is 27.2 Å². The Morgan fingerprint density at radius 3 is 2.68 bits per heavy atom. The van der Waals surface area contributed by atoms with Crippen molar-refractivity contribution < 1.29 is 17.6 Å². The largest absolute Gasteiger partial charge is 0.468 e. The van der Waals surface area contributed by atoms with Crippen molar-refractivity contribution in [1.29, 1.82) is 0 Å². The van der Waals surface area contributed by atoms with E-state index in [9.17, 15) is 13.2 Å². The summed E-state index contributed by atoms with van der Waals surface area (Å²) in [5.41, 5.74) is 2.07. The summed E-state index contributed by atoms with van der Waals surface area (Å²) in [6.07, 6.45) is 6.84. The van der Waals surface area contributed by atoms with E-state index in [2.05, 4.69) is 16.0 Å². The van der Waals surface area contributed by atoms with Crippen LogP contribution < -0.4 is 10.0 Å². The Morgan fingerprint density at radius 2 is 1.96 bits per heavy atom. The van der Waals surface area contributed by atoms with E-state index >= 15 is 0 Å². The van der Waals surface area contributed by atoms with E-state index in [0.29, 0.717) is 22.6 Å². The number of carbonyl (C=O) groups excluding carboxylic acids is 1. The van der Waals surface area contributed by atoms with Crippen molar-refractivity contribution >= 4 is 21.6 Å². The van der Waals surface area contributed by atoms with Crippen LogP contribution in [0.25, 0.3) is 0 Å². The third kappa shape index (κ3) is 4.49. The molecule has 0 bridgehead atoms. The molecular weight excluding hydrogens is 376 g/mol. The average molecular weight is 394 g/mol. The summed E-state index contributed by atoms with van der Waals surface area (Å²) in [6, 6.07) is 14.6. The molecule has 142 valence electrons. The molecule has 0 spiro atoms. The molecule has 0 radical (unpaired) electrons. The number of aryl methyl sites for hydroxylation is 1. The molecule has 1 heterocycles. The van der Waals surface area contributed by atoms with Gasteiger partial charge in [0.2, 0.25) is 10.0 Å². The first-order chi connectivity index (χ1) is 13.4. The molecule has 0 atom stereocenters. The van der Waals surface area contributed by atoms with E-state index in [1.807, 2.05) is 0 Å². The Morgan fingerprint density at radius 1 is 1.14 bits per heavy atom. The van der Waals surface area contributed by atoms with Crippen LogP contribution in [-0.2, 0) is 16.6 Å². The number of sulfonamides is 1. The highest BCUT2D eigenvalue weighted by Crippen LogP contribution is 2.18. The molecule has 6 nitrogen and oxygen atoms in total. The number of amides is 1. The van der Waals surface area contributed by atoms with Gasteiger partial charge in [-0.05, 0) is 55.0 Å². The number of hydrogen-bond acceptors (Lipinski definition) is 4.